The van der Waals surface area contributed by atoms with Crippen LogP contribution in [0.2, 0.25) is 0 Å². The van der Waals surface area contributed by atoms with E-state index < -0.39 is 6.17 Å². The Kier molecular flexibility index (Phi) is 2.63. The highest BCUT2D eigenvalue weighted by Crippen LogP contribution is 2.10. The lowest BCUT2D eigenvalue weighted by Crippen LogP contribution is -2.43. The molecule has 90 valence electrons. The molecule has 0 radical (unpaired) electrons. The number of hydrogen-bond donors (Lipinski definition) is 1. The smallest absolute Gasteiger partial charge is 0.311 e. The topological polar surface area (TPSA) is 70.0 Å². The third-order valence-electron chi connectivity index (χ3n) is 2.86. The van der Waals surface area contributed by atoms with Gasteiger partial charge >= 0.3 is 5.69 Å². The molecule has 0 aliphatic rings. The molecule has 1 atom stereocenters. The lowest BCUT2D eigenvalue weighted by molar-refractivity contribution is 0.511. The van der Waals surface area contributed by atoms with Crippen LogP contribution < -0.4 is 17.0 Å². The van der Waals surface area contributed by atoms with Gasteiger partial charge in [-0.25, -0.2) is 9.36 Å². The molecule has 0 saturated heterocycles. The second-order valence-corrected chi connectivity index (χ2v) is 4.28. The van der Waals surface area contributed by atoms with Crippen molar-refractivity contribution in [2.45, 2.75) is 20.0 Å². The fraction of sp³-hybridized carbons (Fsp3) is 0.333. The van der Waals surface area contributed by atoms with Crippen LogP contribution in [0.1, 0.15) is 18.7 Å². The van der Waals surface area contributed by atoms with E-state index in [9.17, 15) is 9.59 Å². The number of hydrogen-bond acceptors (Lipinski definition) is 3. The second kappa shape index (κ2) is 3.85. The molecule has 1 aromatic heterocycles. The van der Waals surface area contributed by atoms with Crippen LogP contribution in [0, 0.1) is 6.92 Å². The molecule has 2 rings (SSSR count). The number of benzene rings is 1. The minimum atomic E-state index is -0.633. The summed E-state index contributed by atoms with van der Waals surface area (Å²) in [6.45, 7) is 3.52. The first-order chi connectivity index (χ1) is 7.93. The van der Waals surface area contributed by atoms with Crippen LogP contribution in [-0.4, -0.2) is 9.13 Å². The lowest BCUT2D eigenvalue weighted by Gasteiger charge is -2.13. The van der Waals surface area contributed by atoms with Crippen LogP contribution in [0.15, 0.2) is 27.8 Å². The van der Waals surface area contributed by atoms with E-state index >= 15 is 0 Å². The maximum absolute atomic E-state index is 12.2. The number of nitrogens with zero attached hydrogens (tertiary/aromatic N) is 2. The van der Waals surface area contributed by atoms with Gasteiger partial charge in [-0.1, -0.05) is 11.6 Å². The fourth-order valence-corrected chi connectivity index (χ4v) is 1.95. The van der Waals surface area contributed by atoms with E-state index in [-0.39, 0.29) is 11.2 Å². The summed E-state index contributed by atoms with van der Waals surface area (Å²) in [6.07, 6.45) is -0.633. The van der Waals surface area contributed by atoms with E-state index in [0.717, 1.165) is 10.1 Å². The van der Waals surface area contributed by atoms with Crippen LogP contribution in [0.4, 0.5) is 0 Å². The zero-order valence-electron chi connectivity index (χ0n) is 10.1. The first kappa shape index (κ1) is 11.6. The third kappa shape index (κ3) is 1.68. The predicted molar refractivity (Wildman–Crippen MR) is 67.1 cm³/mol. The molecule has 0 fully saturated rings. The zero-order chi connectivity index (χ0) is 12.7. The average molecular weight is 233 g/mol. The minimum absolute atomic E-state index is 0.332. The van der Waals surface area contributed by atoms with Crippen molar-refractivity contribution < 1.29 is 0 Å². The number of fused-ring (bicyclic) bond motifs is 1. The Bertz CT molecular complexity index is 695. The van der Waals surface area contributed by atoms with E-state index in [1.807, 2.05) is 13.0 Å². The number of nitrogens with two attached hydrogens (primary N) is 1. The van der Waals surface area contributed by atoms with Crippen molar-refractivity contribution in [1.29, 1.82) is 0 Å². The molecule has 0 aliphatic carbocycles. The predicted octanol–water partition coefficient (Wildman–Crippen LogP) is 0.486. The Morgan fingerprint density at radius 3 is 2.53 bits per heavy atom. The first-order valence-electron chi connectivity index (χ1n) is 5.41. The molecule has 1 heterocycles. The average Bonchev–Trinajstić information content (AvgIpc) is 2.26. The van der Waals surface area contributed by atoms with Crippen molar-refractivity contribution in [3.8, 4) is 0 Å². The van der Waals surface area contributed by atoms with Crippen LogP contribution in [0.5, 0.6) is 0 Å². The van der Waals surface area contributed by atoms with Crippen LogP contribution in [0.25, 0.3) is 10.9 Å². The zero-order valence-corrected chi connectivity index (χ0v) is 10.1. The van der Waals surface area contributed by atoms with Gasteiger partial charge in [0.15, 0.2) is 0 Å². The summed E-state index contributed by atoms with van der Waals surface area (Å²) < 4.78 is 2.52. The number of aromatic nitrogens is 2. The van der Waals surface area contributed by atoms with E-state index in [1.54, 1.807) is 26.1 Å². The van der Waals surface area contributed by atoms with Crippen molar-refractivity contribution in [2.75, 3.05) is 0 Å². The lowest BCUT2D eigenvalue weighted by atomic mass is 10.1. The maximum Gasteiger partial charge on any atom is 0.332 e. The SMILES string of the molecule is Cc1ccc2c(c1)c(=O)n(C(C)N)c(=O)n2C. The van der Waals surface area contributed by atoms with Gasteiger partial charge in [-0.3, -0.25) is 9.36 Å². The minimum Gasteiger partial charge on any atom is -0.311 e. The molecule has 0 spiro atoms. The van der Waals surface area contributed by atoms with Gasteiger partial charge in [0.05, 0.1) is 17.1 Å². The van der Waals surface area contributed by atoms with Gasteiger partial charge in [0, 0.05) is 7.05 Å². The molecule has 2 aromatic rings. The molecule has 17 heavy (non-hydrogen) atoms. The molecule has 5 nitrogen and oxygen atoms in total. The largest absolute Gasteiger partial charge is 0.332 e. The molecule has 5 heteroatoms. The molecular formula is C12H15N3O2. The molecule has 1 unspecified atom stereocenters. The summed E-state index contributed by atoms with van der Waals surface area (Å²) in [5.74, 6) is 0. The highest BCUT2D eigenvalue weighted by molar-refractivity contribution is 5.78. The summed E-state index contributed by atoms with van der Waals surface area (Å²) in [4.78, 5) is 24.1. The summed E-state index contributed by atoms with van der Waals surface area (Å²) in [5.41, 5.74) is 6.55. The highest BCUT2D eigenvalue weighted by atomic mass is 16.2. The summed E-state index contributed by atoms with van der Waals surface area (Å²) in [7, 11) is 1.64. The normalized spacial score (nSPS) is 12.9. The molecule has 0 saturated carbocycles. The molecule has 2 N–H and O–H groups in total. The summed E-state index contributed by atoms with van der Waals surface area (Å²) in [5, 5.41) is 0.518. The Hall–Kier alpha value is -1.88. The summed E-state index contributed by atoms with van der Waals surface area (Å²) >= 11 is 0. The van der Waals surface area contributed by atoms with Gasteiger partial charge in [0.2, 0.25) is 0 Å². The Balaban J connectivity index is 3.07. The van der Waals surface area contributed by atoms with E-state index in [4.69, 9.17) is 5.73 Å². The second-order valence-electron chi connectivity index (χ2n) is 4.28. The van der Waals surface area contributed by atoms with Crippen molar-refractivity contribution >= 4 is 10.9 Å². The van der Waals surface area contributed by atoms with Gasteiger partial charge in [0.25, 0.3) is 5.56 Å². The van der Waals surface area contributed by atoms with Crippen molar-refractivity contribution in [2.24, 2.45) is 12.8 Å². The Morgan fingerprint density at radius 1 is 1.29 bits per heavy atom. The van der Waals surface area contributed by atoms with Crippen molar-refractivity contribution in [3.05, 3.63) is 44.6 Å². The molecule has 0 bridgehead atoms. The van der Waals surface area contributed by atoms with E-state index in [0.29, 0.717) is 10.9 Å². The van der Waals surface area contributed by atoms with Gasteiger partial charge in [0.1, 0.15) is 0 Å². The van der Waals surface area contributed by atoms with E-state index in [2.05, 4.69) is 0 Å². The molecular weight excluding hydrogens is 218 g/mol. The third-order valence-corrected chi connectivity index (χ3v) is 2.86. The fourth-order valence-electron chi connectivity index (χ4n) is 1.95. The maximum atomic E-state index is 12.2. The molecule has 0 aliphatic heterocycles. The quantitative estimate of drug-likeness (QED) is 0.779. The Morgan fingerprint density at radius 2 is 1.94 bits per heavy atom. The van der Waals surface area contributed by atoms with Crippen molar-refractivity contribution in [1.82, 2.24) is 9.13 Å². The van der Waals surface area contributed by atoms with Crippen LogP contribution >= 0.6 is 0 Å². The monoisotopic (exact) mass is 233 g/mol. The van der Waals surface area contributed by atoms with Crippen LogP contribution in [-0.2, 0) is 7.05 Å². The van der Waals surface area contributed by atoms with Gasteiger partial charge < -0.3 is 5.73 Å². The number of aryl methyl sites for hydroxylation is 2. The molecule has 0 amide bonds. The van der Waals surface area contributed by atoms with Gasteiger partial charge in [-0.05, 0) is 26.0 Å². The number of rotatable bonds is 1. The Labute approximate surface area is 98.1 Å². The molecule has 1 aromatic carbocycles. The van der Waals surface area contributed by atoms with Gasteiger partial charge in [-0.15, -0.1) is 0 Å². The van der Waals surface area contributed by atoms with Gasteiger partial charge in [-0.2, -0.15) is 0 Å². The van der Waals surface area contributed by atoms with Crippen LogP contribution in [0.3, 0.4) is 0 Å². The highest BCUT2D eigenvalue weighted by Gasteiger charge is 2.12. The van der Waals surface area contributed by atoms with E-state index in [1.165, 1.54) is 4.57 Å². The first-order valence-corrected chi connectivity index (χ1v) is 5.41. The van der Waals surface area contributed by atoms with Crippen molar-refractivity contribution in [3.63, 3.8) is 0 Å². The standard InChI is InChI=1S/C12H15N3O2/c1-7-4-5-10-9(6-7)11(16)15(8(2)13)12(17)14(10)3/h4-6,8H,13H2,1-3H3. The summed E-state index contributed by atoms with van der Waals surface area (Å²) in [6, 6.07) is 5.42.